The first kappa shape index (κ1) is 14.0. The molecule has 0 spiro atoms. The second-order valence-corrected chi connectivity index (χ2v) is 4.01. The minimum atomic E-state index is -4.29. The quantitative estimate of drug-likeness (QED) is 0.785. The van der Waals surface area contributed by atoms with Crippen LogP contribution < -0.4 is 11.5 Å². The zero-order chi connectivity index (χ0) is 12.9. The molecule has 0 aromatic heterocycles. The maximum Gasteiger partial charge on any atom is 0.416 e. The highest BCUT2D eigenvalue weighted by Crippen LogP contribution is 2.30. The standard InChI is InChI=1S/C12H17F3N2/c13-12(14,15)10-6-4-9(5-7-10)11(17)3-1-2-8-16/h4-7,11H,1-3,8,16-17H2/t11-/m0/s1. The Kier molecular flexibility index (Phi) is 4.96. The Morgan fingerprint density at radius 3 is 2.12 bits per heavy atom. The van der Waals surface area contributed by atoms with Gasteiger partial charge in [0.15, 0.2) is 0 Å². The van der Waals surface area contributed by atoms with Crippen molar-refractivity contribution >= 4 is 0 Å². The summed E-state index contributed by atoms with van der Waals surface area (Å²) in [6, 6.07) is 4.80. The van der Waals surface area contributed by atoms with Crippen LogP contribution in [-0.4, -0.2) is 6.54 Å². The Labute approximate surface area is 98.8 Å². The lowest BCUT2D eigenvalue weighted by molar-refractivity contribution is -0.137. The van der Waals surface area contributed by atoms with Gasteiger partial charge in [0.05, 0.1) is 5.56 Å². The number of nitrogens with two attached hydrogens (primary N) is 2. The molecule has 1 aromatic carbocycles. The molecule has 1 atom stereocenters. The van der Waals surface area contributed by atoms with E-state index in [2.05, 4.69) is 0 Å². The average Bonchev–Trinajstić information content (AvgIpc) is 2.28. The summed E-state index contributed by atoms with van der Waals surface area (Å²) in [5.74, 6) is 0. The van der Waals surface area contributed by atoms with E-state index in [1.165, 1.54) is 12.1 Å². The fourth-order valence-corrected chi connectivity index (χ4v) is 1.59. The molecule has 0 radical (unpaired) electrons. The Morgan fingerprint density at radius 2 is 1.65 bits per heavy atom. The molecule has 96 valence electrons. The molecule has 0 unspecified atom stereocenters. The zero-order valence-corrected chi connectivity index (χ0v) is 9.50. The SMILES string of the molecule is NCCCC[C@H](N)c1ccc(C(F)(F)F)cc1. The van der Waals surface area contributed by atoms with Crippen LogP contribution in [0.2, 0.25) is 0 Å². The van der Waals surface area contributed by atoms with Gasteiger partial charge in [0.2, 0.25) is 0 Å². The van der Waals surface area contributed by atoms with E-state index in [-0.39, 0.29) is 6.04 Å². The highest BCUT2D eigenvalue weighted by Gasteiger charge is 2.30. The number of rotatable bonds is 5. The second-order valence-electron chi connectivity index (χ2n) is 4.01. The monoisotopic (exact) mass is 246 g/mol. The molecule has 0 amide bonds. The summed E-state index contributed by atoms with van der Waals surface area (Å²) in [6.07, 6.45) is -1.78. The molecule has 0 bridgehead atoms. The molecule has 0 aliphatic heterocycles. The van der Waals surface area contributed by atoms with Crippen molar-refractivity contribution in [2.75, 3.05) is 6.54 Å². The lowest BCUT2D eigenvalue weighted by Crippen LogP contribution is -2.12. The molecule has 2 nitrogen and oxygen atoms in total. The largest absolute Gasteiger partial charge is 0.416 e. The van der Waals surface area contributed by atoms with Crippen LogP contribution in [0.5, 0.6) is 0 Å². The first-order valence-electron chi connectivity index (χ1n) is 5.58. The van der Waals surface area contributed by atoms with Crippen molar-refractivity contribution in [2.24, 2.45) is 11.5 Å². The molecule has 1 rings (SSSR count). The third kappa shape index (κ3) is 4.36. The predicted molar refractivity (Wildman–Crippen MR) is 61.3 cm³/mol. The van der Waals surface area contributed by atoms with Gasteiger partial charge < -0.3 is 11.5 Å². The maximum atomic E-state index is 12.3. The van der Waals surface area contributed by atoms with Crippen molar-refractivity contribution < 1.29 is 13.2 Å². The highest BCUT2D eigenvalue weighted by atomic mass is 19.4. The van der Waals surface area contributed by atoms with E-state index in [1.807, 2.05) is 0 Å². The lowest BCUT2D eigenvalue weighted by atomic mass is 10.0. The molecule has 17 heavy (non-hydrogen) atoms. The Morgan fingerprint density at radius 1 is 1.06 bits per heavy atom. The lowest BCUT2D eigenvalue weighted by Gasteiger charge is -2.13. The van der Waals surface area contributed by atoms with Crippen molar-refractivity contribution in [3.8, 4) is 0 Å². The third-order valence-electron chi connectivity index (χ3n) is 2.64. The van der Waals surface area contributed by atoms with E-state index in [9.17, 15) is 13.2 Å². The number of benzene rings is 1. The van der Waals surface area contributed by atoms with Crippen LogP contribution in [0.4, 0.5) is 13.2 Å². The summed E-state index contributed by atoms with van der Waals surface area (Å²) in [7, 11) is 0. The molecule has 0 fully saturated rings. The van der Waals surface area contributed by atoms with E-state index < -0.39 is 11.7 Å². The van der Waals surface area contributed by atoms with Gasteiger partial charge in [-0.15, -0.1) is 0 Å². The van der Waals surface area contributed by atoms with Gasteiger partial charge in [-0.05, 0) is 37.1 Å². The Balaban J connectivity index is 2.61. The predicted octanol–water partition coefficient (Wildman–Crippen LogP) is 2.83. The molecule has 5 heteroatoms. The van der Waals surface area contributed by atoms with Crippen molar-refractivity contribution in [1.82, 2.24) is 0 Å². The third-order valence-corrected chi connectivity index (χ3v) is 2.64. The van der Waals surface area contributed by atoms with E-state index >= 15 is 0 Å². The topological polar surface area (TPSA) is 52.0 Å². The zero-order valence-electron chi connectivity index (χ0n) is 9.50. The first-order valence-corrected chi connectivity index (χ1v) is 5.58. The van der Waals surface area contributed by atoms with Crippen LogP contribution in [0.25, 0.3) is 0 Å². The molecule has 0 saturated heterocycles. The summed E-state index contributed by atoms with van der Waals surface area (Å²) < 4.78 is 37.0. The van der Waals surface area contributed by atoms with E-state index in [0.717, 1.165) is 37.0 Å². The van der Waals surface area contributed by atoms with Gasteiger partial charge in [-0.2, -0.15) is 13.2 Å². The summed E-state index contributed by atoms with van der Waals surface area (Å²) in [4.78, 5) is 0. The van der Waals surface area contributed by atoms with E-state index in [4.69, 9.17) is 11.5 Å². The summed E-state index contributed by atoms with van der Waals surface area (Å²) in [5, 5.41) is 0. The Bertz CT molecular complexity index is 333. The first-order chi connectivity index (χ1) is 7.95. The van der Waals surface area contributed by atoms with Gasteiger partial charge >= 0.3 is 6.18 Å². The van der Waals surface area contributed by atoms with E-state index in [0.29, 0.717) is 6.54 Å². The number of halogens is 3. The molecule has 0 aliphatic rings. The van der Waals surface area contributed by atoms with Crippen LogP contribution >= 0.6 is 0 Å². The van der Waals surface area contributed by atoms with Gasteiger partial charge in [0.1, 0.15) is 0 Å². The number of hydrogen-bond donors (Lipinski definition) is 2. The maximum absolute atomic E-state index is 12.3. The number of unbranched alkanes of at least 4 members (excludes halogenated alkanes) is 1. The summed E-state index contributed by atoms with van der Waals surface area (Å²) >= 11 is 0. The number of alkyl halides is 3. The van der Waals surface area contributed by atoms with Crippen molar-refractivity contribution in [3.05, 3.63) is 35.4 Å². The van der Waals surface area contributed by atoms with Gasteiger partial charge in [0.25, 0.3) is 0 Å². The molecule has 0 saturated carbocycles. The second kappa shape index (κ2) is 6.02. The van der Waals surface area contributed by atoms with Crippen LogP contribution in [0, 0.1) is 0 Å². The van der Waals surface area contributed by atoms with Gasteiger partial charge in [0, 0.05) is 6.04 Å². The van der Waals surface area contributed by atoms with Crippen molar-refractivity contribution in [2.45, 2.75) is 31.5 Å². The fraction of sp³-hybridized carbons (Fsp3) is 0.500. The van der Waals surface area contributed by atoms with Gasteiger partial charge in [-0.25, -0.2) is 0 Å². The van der Waals surface area contributed by atoms with Crippen LogP contribution in [0.1, 0.15) is 36.4 Å². The molecular formula is C12H17F3N2. The fourth-order valence-electron chi connectivity index (χ4n) is 1.59. The van der Waals surface area contributed by atoms with Crippen LogP contribution in [0.3, 0.4) is 0 Å². The number of hydrogen-bond acceptors (Lipinski definition) is 2. The minimum absolute atomic E-state index is 0.219. The van der Waals surface area contributed by atoms with Gasteiger partial charge in [-0.3, -0.25) is 0 Å². The minimum Gasteiger partial charge on any atom is -0.330 e. The van der Waals surface area contributed by atoms with Gasteiger partial charge in [-0.1, -0.05) is 18.6 Å². The van der Waals surface area contributed by atoms with Crippen LogP contribution in [0.15, 0.2) is 24.3 Å². The molecule has 0 aliphatic carbocycles. The van der Waals surface area contributed by atoms with Crippen molar-refractivity contribution in [3.63, 3.8) is 0 Å². The molecule has 4 N–H and O–H groups in total. The Hall–Kier alpha value is -1.07. The summed E-state index contributed by atoms with van der Waals surface area (Å²) in [6.45, 7) is 0.611. The van der Waals surface area contributed by atoms with Crippen molar-refractivity contribution in [1.29, 1.82) is 0 Å². The van der Waals surface area contributed by atoms with E-state index in [1.54, 1.807) is 0 Å². The normalized spacial score (nSPS) is 13.7. The smallest absolute Gasteiger partial charge is 0.330 e. The molecule has 1 aromatic rings. The highest BCUT2D eigenvalue weighted by molar-refractivity contribution is 5.26. The van der Waals surface area contributed by atoms with Crippen LogP contribution in [-0.2, 0) is 6.18 Å². The molecular weight excluding hydrogens is 229 g/mol. The summed E-state index contributed by atoms with van der Waals surface area (Å²) in [5.41, 5.74) is 11.3. The average molecular weight is 246 g/mol. The molecule has 0 heterocycles.